The van der Waals surface area contributed by atoms with Crippen molar-refractivity contribution in [3.8, 4) is 0 Å². The van der Waals surface area contributed by atoms with Gasteiger partial charge in [0.1, 0.15) is 5.58 Å². The lowest BCUT2D eigenvalue weighted by Crippen LogP contribution is -2.38. The lowest BCUT2D eigenvalue weighted by atomic mass is 10.2. The molecule has 8 nitrogen and oxygen atoms in total. The molecule has 3 amide bonds. The monoisotopic (exact) mass is 413 g/mol. The molecule has 0 aliphatic heterocycles. The van der Waals surface area contributed by atoms with Crippen LogP contribution in [-0.2, 0) is 4.74 Å². The zero-order valence-electron chi connectivity index (χ0n) is 15.6. The number of imide groups is 1. The fourth-order valence-electron chi connectivity index (χ4n) is 2.46. The number of nitrogens with one attached hydrogen (secondary N) is 1. The molecule has 0 aliphatic rings. The van der Waals surface area contributed by atoms with Gasteiger partial charge in [-0.1, -0.05) is 26.2 Å². The van der Waals surface area contributed by atoms with Crippen molar-refractivity contribution < 1.29 is 23.5 Å². The molecule has 0 aliphatic carbocycles. The van der Waals surface area contributed by atoms with E-state index in [2.05, 4.69) is 23.1 Å². The summed E-state index contributed by atoms with van der Waals surface area (Å²) in [6, 6.07) is 8.44. The molecule has 0 spiro atoms. The molecule has 0 radical (unpaired) electrons. The third kappa shape index (κ3) is 4.94. The van der Waals surface area contributed by atoms with Crippen molar-refractivity contribution in [3.63, 3.8) is 0 Å². The number of anilines is 1. The van der Waals surface area contributed by atoms with Crippen LogP contribution in [0.1, 0.15) is 40.7 Å². The summed E-state index contributed by atoms with van der Waals surface area (Å²) >= 11 is 4.12. The Kier molecular flexibility index (Phi) is 6.50. The lowest BCUT2D eigenvalue weighted by molar-refractivity contribution is 0.0499. The first-order valence-electron chi connectivity index (χ1n) is 8.94. The topological polar surface area (TPSA) is 102 Å². The van der Waals surface area contributed by atoms with Crippen LogP contribution in [0, 0.1) is 0 Å². The summed E-state index contributed by atoms with van der Waals surface area (Å²) in [7, 11) is 0. The van der Waals surface area contributed by atoms with Crippen molar-refractivity contribution in [3.05, 3.63) is 60.1 Å². The van der Waals surface area contributed by atoms with Gasteiger partial charge in [0.15, 0.2) is 5.76 Å². The molecule has 0 saturated carbocycles. The summed E-state index contributed by atoms with van der Waals surface area (Å²) in [4.78, 5) is 40.4. The SMILES string of the molecule is CCCCOC(=O)c1ccc(N(S)C(=O)NC(=O)c2cc3cnccc3o2)cc1. The number of furan rings is 1. The maximum absolute atomic E-state index is 12.3. The van der Waals surface area contributed by atoms with Gasteiger partial charge in [0.05, 0.1) is 17.9 Å². The van der Waals surface area contributed by atoms with Crippen molar-refractivity contribution >= 4 is 47.4 Å². The molecule has 0 fully saturated rings. The molecular formula is C20H19N3O5S. The van der Waals surface area contributed by atoms with Gasteiger partial charge in [-0.2, -0.15) is 0 Å². The lowest BCUT2D eigenvalue weighted by Gasteiger charge is -2.15. The summed E-state index contributed by atoms with van der Waals surface area (Å²) in [5.41, 5.74) is 1.22. The number of pyridine rings is 1. The van der Waals surface area contributed by atoms with Gasteiger partial charge in [-0.3, -0.25) is 15.1 Å². The van der Waals surface area contributed by atoms with E-state index in [1.807, 2.05) is 6.92 Å². The third-order valence-corrected chi connectivity index (χ3v) is 4.44. The first-order valence-corrected chi connectivity index (χ1v) is 9.34. The minimum absolute atomic E-state index is 0.0201. The Bertz CT molecular complexity index is 999. The van der Waals surface area contributed by atoms with Crippen molar-refractivity contribution in [2.75, 3.05) is 10.9 Å². The average Bonchev–Trinajstić information content (AvgIpc) is 3.18. The number of benzene rings is 1. The number of thiol groups is 1. The van der Waals surface area contributed by atoms with Crippen molar-refractivity contribution in [2.45, 2.75) is 19.8 Å². The largest absolute Gasteiger partial charge is 0.462 e. The van der Waals surface area contributed by atoms with Gasteiger partial charge in [0.25, 0.3) is 5.91 Å². The van der Waals surface area contributed by atoms with E-state index < -0.39 is 17.9 Å². The number of unbranched alkanes of at least 4 members (excludes halogenated alkanes) is 1. The second kappa shape index (κ2) is 9.24. The summed E-state index contributed by atoms with van der Waals surface area (Å²) in [5.74, 6) is -1.16. The van der Waals surface area contributed by atoms with Gasteiger partial charge in [-0.15, -0.1) is 0 Å². The number of aromatic nitrogens is 1. The van der Waals surface area contributed by atoms with Gasteiger partial charge in [-0.05, 0) is 42.8 Å². The number of hydrogen-bond donors (Lipinski definition) is 2. The molecule has 9 heteroatoms. The van der Waals surface area contributed by atoms with Crippen LogP contribution in [0.3, 0.4) is 0 Å². The highest BCUT2D eigenvalue weighted by atomic mass is 32.1. The minimum Gasteiger partial charge on any atom is -0.462 e. The molecular weight excluding hydrogens is 394 g/mol. The van der Waals surface area contributed by atoms with Gasteiger partial charge in [-0.25, -0.2) is 13.9 Å². The fourth-order valence-corrected chi connectivity index (χ4v) is 2.64. The first kappa shape index (κ1) is 20.4. The zero-order chi connectivity index (χ0) is 20.8. The average molecular weight is 413 g/mol. The summed E-state index contributed by atoms with van der Waals surface area (Å²) in [6.07, 6.45) is 4.82. The summed E-state index contributed by atoms with van der Waals surface area (Å²) in [5, 5.41) is 2.84. The molecule has 0 bridgehead atoms. The van der Waals surface area contributed by atoms with Crippen LogP contribution in [0.5, 0.6) is 0 Å². The zero-order valence-corrected chi connectivity index (χ0v) is 16.5. The second-order valence-electron chi connectivity index (χ2n) is 6.13. The second-order valence-corrected chi connectivity index (χ2v) is 6.53. The number of rotatable bonds is 6. The van der Waals surface area contributed by atoms with Gasteiger partial charge < -0.3 is 9.15 Å². The normalized spacial score (nSPS) is 10.6. The number of ether oxygens (including phenoxy) is 1. The van der Waals surface area contributed by atoms with Crippen molar-refractivity contribution in [2.24, 2.45) is 0 Å². The number of carbonyl (C=O) groups excluding carboxylic acids is 3. The van der Waals surface area contributed by atoms with E-state index in [0.29, 0.717) is 28.8 Å². The van der Waals surface area contributed by atoms with Crippen LogP contribution in [0.25, 0.3) is 11.0 Å². The number of esters is 1. The van der Waals surface area contributed by atoms with E-state index >= 15 is 0 Å². The van der Waals surface area contributed by atoms with E-state index in [1.54, 1.807) is 12.3 Å². The molecule has 3 aromatic rings. The maximum Gasteiger partial charge on any atom is 0.338 e. The molecule has 1 aromatic carbocycles. The standard InChI is InChI=1S/C20H19N3O5S/c1-2-3-10-27-19(25)13-4-6-15(7-5-13)23(29)20(26)22-18(24)17-11-14-12-21-9-8-16(14)28-17/h4-9,11-12,29H,2-3,10H2,1H3,(H,22,24,26). The van der Waals surface area contributed by atoms with Gasteiger partial charge >= 0.3 is 12.0 Å². The summed E-state index contributed by atoms with van der Waals surface area (Å²) in [6.45, 7) is 2.36. The maximum atomic E-state index is 12.3. The highest BCUT2D eigenvalue weighted by Gasteiger charge is 2.20. The Balaban J connectivity index is 1.61. The highest BCUT2D eigenvalue weighted by molar-refractivity contribution is 7.82. The Morgan fingerprint density at radius 1 is 1.21 bits per heavy atom. The van der Waals surface area contributed by atoms with Crippen LogP contribution in [0.4, 0.5) is 10.5 Å². The van der Waals surface area contributed by atoms with Crippen molar-refractivity contribution in [1.29, 1.82) is 0 Å². The predicted octanol–water partition coefficient (Wildman–Crippen LogP) is 3.99. The number of hydrogen-bond acceptors (Lipinski definition) is 7. The molecule has 2 heterocycles. The Morgan fingerprint density at radius 3 is 2.66 bits per heavy atom. The summed E-state index contributed by atoms with van der Waals surface area (Å²) < 4.78 is 11.5. The van der Waals surface area contributed by atoms with Crippen LogP contribution >= 0.6 is 12.8 Å². The molecule has 2 aromatic heterocycles. The minimum atomic E-state index is -0.768. The van der Waals surface area contributed by atoms with E-state index in [4.69, 9.17) is 9.15 Å². The van der Waals surface area contributed by atoms with Crippen molar-refractivity contribution in [1.82, 2.24) is 10.3 Å². The van der Waals surface area contributed by atoms with E-state index in [0.717, 1.165) is 17.1 Å². The molecule has 0 unspecified atom stereocenters. The van der Waals surface area contributed by atoms with Gasteiger partial charge in [0.2, 0.25) is 0 Å². The Hall–Kier alpha value is -3.33. The molecule has 1 N–H and O–H groups in total. The third-order valence-electron chi connectivity index (χ3n) is 4.03. The highest BCUT2D eigenvalue weighted by Crippen LogP contribution is 2.20. The van der Waals surface area contributed by atoms with Crippen LogP contribution in [0.15, 0.2) is 53.2 Å². The van der Waals surface area contributed by atoms with E-state index in [9.17, 15) is 14.4 Å². The fraction of sp³-hybridized carbons (Fsp3) is 0.200. The number of amides is 3. The van der Waals surface area contributed by atoms with Crippen LogP contribution < -0.4 is 9.62 Å². The van der Waals surface area contributed by atoms with E-state index in [1.165, 1.54) is 36.5 Å². The number of fused-ring (bicyclic) bond motifs is 1. The number of nitrogens with zero attached hydrogens (tertiary/aromatic N) is 2. The van der Waals surface area contributed by atoms with Gasteiger partial charge in [0, 0.05) is 17.8 Å². The predicted molar refractivity (Wildman–Crippen MR) is 110 cm³/mol. The molecule has 3 rings (SSSR count). The molecule has 29 heavy (non-hydrogen) atoms. The number of carbonyl (C=O) groups is 3. The Labute approximate surface area is 172 Å². The smallest absolute Gasteiger partial charge is 0.338 e. The number of urea groups is 1. The van der Waals surface area contributed by atoms with Crippen LogP contribution in [-0.4, -0.2) is 29.5 Å². The molecule has 150 valence electrons. The molecule has 0 atom stereocenters. The Morgan fingerprint density at radius 2 is 1.97 bits per heavy atom. The quantitative estimate of drug-likeness (QED) is 0.360. The first-order chi connectivity index (χ1) is 14.0. The van der Waals surface area contributed by atoms with Crippen LogP contribution in [0.2, 0.25) is 0 Å². The molecule has 0 saturated heterocycles. The van der Waals surface area contributed by atoms with E-state index in [-0.39, 0.29) is 5.76 Å².